The van der Waals surface area contributed by atoms with E-state index in [1.807, 2.05) is 0 Å². The summed E-state index contributed by atoms with van der Waals surface area (Å²) >= 11 is 6.76. The predicted octanol–water partition coefficient (Wildman–Crippen LogP) is 5.09. The molecule has 1 heterocycles. The van der Waals surface area contributed by atoms with Crippen LogP contribution in [-0.4, -0.2) is 8.42 Å². The summed E-state index contributed by atoms with van der Waals surface area (Å²) in [5.41, 5.74) is 1.92. The molecule has 4 nitrogen and oxygen atoms in total. The molecule has 0 aliphatic heterocycles. The van der Waals surface area contributed by atoms with E-state index in [1.54, 1.807) is 36.4 Å². The molecule has 0 amide bonds. The average Bonchev–Trinajstić information content (AvgIpc) is 2.99. The van der Waals surface area contributed by atoms with E-state index in [0.717, 1.165) is 22.7 Å². The van der Waals surface area contributed by atoms with Crippen LogP contribution in [0.2, 0.25) is 4.34 Å². The second kappa shape index (κ2) is 6.80. The van der Waals surface area contributed by atoms with Crippen molar-refractivity contribution in [2.75, 3.05) is 10.0 Å². The molecule has 0 saturated heterocycles. The smallest absolute Gasteiger partial charge is 0.271 e. The molecule has 124 valence electrons. The number of rotatable bonds is 5. The number of anilines is 3. The highest BCUT2D eigenvalue weighted by atomic mass is 35.5. The van der Waals surface area contributed by atoms with Gasteiger partial charge in [-0.25, -0.2) is 12.8 Å². The normalized spacial score (nSPS) is 11.2. The van der Waals surface area contributed by atoms with Gasteiger partial charge in [-0.1, -0.05) is 11.6 Å². The largest absolute Gasteiger partial charge is 0.356 e. The van der Waals surface area contributed by atoms with Crippen molar-refractivity contribution in [3.8, 4) is 0 Å². The monoisotopic (exact) mass is 382 g/mol. The Morgan fingerprint density at radius 2 is 1.38 bits per heavy atom. The lowest BCUT2D eigenvalue weighted by Gasteiger charge is -2.09. The summed E-state index contributed by atoms with van der Waals surface area (Å²) in [6.07, 6.45) is 0. The first-order valence-electron chi connectivity index (χ1n) is 6.83. The number of thiophene rings is 1. The number of hydrogen-bond donors (Lipinski definition) is 2. The topological polar surface area (TPSA) is 58.2 Å². The van der Waals surface area contributed by atoms with Crippen LogP contribution in [0, 0.1) is 5.82 Å². The minimum absolute atomic E-state index is 0.154. The maximum atomic E-state index is 12.9. The van der Waals surface area contributed by atoms with E-state index in [4.69, 9.17) is 11.6 Å². The lowest BCUT2D eigenvalue weighted by Crippen LogP contribution is -2.11. The van der Waals surface area contributed by atoms with Gasteiger partial charge in [0.2, 0.25) is 0 Å². The molecular formula is C16H12ClFN2O2S2. The molecule has 0 aliphatic carbocycles. The third-order valence-corrected chi connectivity index (χ3v) is 6.19. The van der Waals surface area contributed by atoms with Crippen molar-refractivity contribution in [2.45, 2.75) is 4.21 Å². The highest BCUT2D eigenvalue weighted by Gasteiger charge is 2.16. The molecular weight excluding hydrogens is 371 g/mol. The van der Waals surface area contributed by atoms with Crippen molar-refractivity contribution in [1.82, 2.24) is 0 Å². The molecule has 2 aromatic carbocycles. The Bertz CT molecular complexity index is 939. The van der Waals surface area contributed by atoms with Crippen LogP contribution >= 0.6 is 22.9 Å². The summed E-state index contributed by atoms with van der Waals surface area (Å²) in [6.45, 7) is 0. The summed E-state index contributed by atoms with van der Waals surface area (Å²) in [4.78, 5) is 0. The van der Waals surface area contributed by atoms with Gasteiger partial charge in [0.15, 0.2) is 0 Å². The molecule has 0 radical (unpaired) electrons. The molecule has 3 aromatic rings. The first kappa shape index (κ1) is 16.8. The predicted molar refractivity (Wildman–Crippen MR) is 96.3 cm³/mol. The quantitative estimate of drug-likeness (QED) is 0.646. The Morgan fingerprint density at radius 1 is 0.833 bits per heavy atom. The number of halogens is 2. The van der Waals surface area contributed by atoms with Crippen LogP contribution in [0.25, 0.3) is 0 Å². The average molecular weight is 383 g/mol. The zero-order chi connectivity index (χ0) is 17.2. The summed E-state index contributed by atoms with van der Waals surface area (Å²) in [5.74, 6) is -0.306. The SMILES string of the molecule is O=S(=O)(Nc1ccc(Nc2ccc(F)cc2)cc1)c1ccc(Cl)s1. The van der Waals surface area contributed by atoms with Crippen molar-refractivity contribution in [2.24, 2.45) is 0 Å². The lowest BCUT2D eigenvalue weighted by atomic mass is 10.2. The first-order chi connectivity index (χ1) is 11.4. The standard InChI is InChI=1S/C16H12ClFN2O2S2/c17-15-9-10-16(23-15)24(21,22)20-14-7-5-13(6-8-14)19-12-3-1-11(18)2-4-12/h1-10,19-20H. The molecule has 0 unspecified atom stereocenters. The molecule has 1 aromatic heterocycles. The molecule has 0 spiro atoms. The van der Waals surface area contributed by atoms with E-state index in [1.165, 1.54) is 24.3 Å². The minimum Gasteiger partial charge on any atom is -0.356 e. The van der Waals surface area contributed by atoms with Gasteiger partial charge < -0.3 is 5.32 Å². The second-order valence-electron chi connectivity index (χ2n) is 4.87. The molecule has 0 bridgehead atoms. The molecule has 0 saturated carbocycles. The molecule has 0 aliphatic rings. The Kier molecular flexibility index (Phi) is 4.75. The fraction of sp³-hybridized carbons (Fsp3) is 0. The number of nitrogens with one attached hydrogen (secondary N) is 2. The highest BCUT2D eigenvalue weighted by molar-refractivity contribution is 7.94. The van der Waals surface area contributed by atoms with E-state index in [9.17, 15) is 12.8 Å². The van der Waals surface area contributed by atoms with E-state index in [0.29, 0.717) is 10.0 Å². The van der Waals surface area contributed by atoms with Gasteiger partial charge in [-0.3, -0.25) is 4.72 Å². The lowest BCUT2D eigenvalue weighted by molar-refractivity contribution is 0.603. The highest BCUT2D eigenvalue weighted by Crippen LogP contribution is 2.27. The molecule has 24 heavy (non-hydrogen) atoms. The van der Waals surface area contributed by atoms with E-state index in [-0.39, 0.29) is 10.0 Å². The summed E-state index contributed by atoms with van der Waals surface area (Å²) in [5, 5.41) is 3.10. The van der Waals surface area contributed by atoms with Crippen LogP contribution in [-0.2, 0) is 10.0 Å². The van der Waals surface area contributed by atoms with Gasteiger partial charge in [0.25, 0.3) is 10.0 Å². The number of hydrogen-bond acceptors (Lipinski definition) is 4. The van der Waals surface area contributed by atoms with Crippen LogP contribution < -0.4 is 10.0 Å². The summed E-state index contributed by atoms with van der Waals surface area (Å²) in [6, 6.07) is 15.7. The van der Waals surface area contributed by atoms with Gasteiger partial charge in [0.05, 0.1) is 4.34 Å². The van der Waals surface area contributed by atoms with Crippen LogP contribution in [0.5, 0.6) is 0 Å². The Balaban J connectivity index is 1.71. The van der Waals surface area contributed by atoms with E-state index in [2.05, 4.69) is 10.0 Å². The van der Waals surface area contributed by atoms with Gasteiger partial charge in [-0.2, -0.15) is 0 Å². The van der Waals surface area contributed by atoms with Crippen molar-refractivity contribution >= 4 is 50.0 Å². The van der Waals surface area contributed by atoms with Crippen LogP contribution in [0.3, 0.4) is 0 Å². The van der Waals surface area contributed by atoms with Crippen LogP contribution in [0.4, 0.5) is 21.5 Å². The molecule has 2 N–H and O–H groups in total. The van der Waals surface area contributed by atoms with Crippen molar-refractivity contribution in [3.63, 3.8) is 0 Å². The van der Waals surface area contributed by atoms with Crippen molar-refractivity contribution < 1.29 is 12.8 Å². The van der Waals surface area contributed by atoms with E-state index < -0.39 is 10.0 Å². The van der Waals surface area contributed by atoms with Gasteiger partial charge in [-0.15, -0.1) is 11.3 Å². The third-order valence-electron chi connectivity index (χ3n) is 3.08. The maximum absolute atomic E-state index is 12.9. The van der Waals surface area contributed by atoms with Crippen LogP contribution in [0.1, 0.15) is 0 Å². The Labute approximate surface area is 148 Å². The van der Waals surface area contributed by atoms with Gasteiger partial charge in [0.1, 0.15) is 10.0 Å². The molecule has 3 rings (SSSR count). The van der Waals surface area contributed by atoms with Gasteiger partial charge >= 0.3 is 0 Å². The molecule has 0 atom stereocenters. The second-order valence-corrected chi connectivity index (χ2v) is 8.50. The molecule has 0 fully saturated rings. The van der Waals surface area contributed by atoms with Crippen LogP contribution in [0.15, 0.2) is 64.9 Å². The number of benzene rings is 2. The minimum atomic E-state index is -3.65. The number of sulfonamides is 1. The zero-order valence-electron chi connectivity index (χ0n) is 12.2. The Hall–Kier alpha value is -2.09. The third kappa shape index (κ3) is 4.05. The first-order valence-corrected chi connectivity index (χ1v) is 9.51. The molecule has 8 heteroatoms. The fourth-order valence-corrected chi connectivity index (χ4v) is 4.51. The Morgan fingerprint density at radius 3 is 1.92 bits per heavy atom. The van der Waals surface area contributed by atoms with Gasteiger partial charge in [0, 0.05) is 17.1 Å². The zero-order valence-corrected chi connectivity index (χ0v) is 14.6. The van der Waals surface area contributed by atoms with Gasteiger partial charge in [-0.05, 0) is 60.7 Å². The van der Waals surface area contributed by atoms with Crippen molar-refractivity contribution in [1.29, 1.82) is 0 Å². The maximum Gasteiger partial charge on any atom is 0.271 e. The van der Waals surface area contributed by atoms with E-state index >= 15 is 0 Å². The summed E-state index contributed by atoms with van der Waals surface area (Å²) in [7, 11) is -3.65. The summed E-state index contributed by atoms with van der Waals surface area (Å²) < 4.78 is 40.4. The fourth-order valence-electron chi connectivity index (χ4n) is 1.97. The van der Waals surface area contributed by atoms with Crippen molar-refractivity contribution in [3.05, 3.63) is 70.8 Å².